The van der Waals surface area contributed by atoms with Gasteiger partial charge in [0.25, 0.3) is 0 Å². The van der Waals surface area contributed by atoms with Gasteiger partial charge in [-0.3, -0.25) is 0 Å². The van der Waals surface area contributed by atoms with E-state index in [-0.39, 0.29) is 5.82 Å². The second-order valence-electron chi connectivity index (χ2n) is 3.38. The predicted octanol–water partition coefficient (Wildman–Crippen LogP) is 3.50. The van der Waals surface area contributed by atoms with Crippen LogP contribution in [0.3, 0.4) is 0 Å². The molecule has 0 amide bonds. The normalized spacial score (nSPS) is 10.8. The molecular formula is C12H7FN2S. The topological polar surface area (TPSA) is 25.8 Å². The number of hydrogen-bond donors (Lipinski definition) is 0. The average Bonchev–Trinajstić information content (AvgIpc) is 2.77. The second-order valence-corrected chi connectivity index (χ2v) is 4.28. The molecule has 0 aliphatic carbocycles. The Kier molecular flexibility index (Phi) is 2.15. The van der Waals surface area contributed by atoms with Crippen LogP contribution in [0.4, 0.5) is 4.39 Å². The Labute approximate surface area is 95.4 Å². The molecule has 0 aliphatic heterocycles. The molecule has 0 saturated heterocycles. The molecule has 0 N–H and O–H groups in total. The lowest BCUT2D eigenvalue weighted by Crippen LogP contribution is -1.87. The summed E-state index contributed by atoms with van der Waals surface area (Å²) in [6.07, 6.45) is 1.79. The van der Waals surface area contributed by atoms with Crippen molar-refractivity contribution in [2.24, 2.45) is 0 Å². The number of fused-ring (bicyclic) bond motifs is 1. The van der Waals surface area contributed by atoms with Gasteiger partial charge in [-0.1, -0.05) is 0 Å². The number of benzene rings is 1. The number of rotatable bonds is 1. The van der Waals surface area contributed by atoms with Gasteiger partial charge in [0.05, 0.1) is 0 Å². The third-order valence-corrected chi connectivity index (χ3v) is 3.13. The number of hydrogen-bond acceptors (Lipinski definition) is 3. The standard InChI is InChI=1S/C12H7FN2S/c13-10-3-1-8(2-4-10)11-14-7-9-5-6-16-12(9)15-11/h1-7H. The minimum Gasteiger partial charge on any atom is -0.236 e. The van der Waals surface area contributed by atoms with Crippen molar-refractivity contribution in [3.05, 3.63) is 47.7 Å². The van der Waals surface area contributed by atoms with Crippen molar-refractivity contribution in [1.29, 1.82) is 0 Å². The molecule has 3 rings (SSSR count). The van der Waals surface area contributed by atoms with Crippen LogP contribution in [0, 0.1) is 5.82 Å². The fourth-order valence-corrected chi connectivity index (χ4v) is 2.23. The van der Waals surface area contributed by atoms with E-state index in [0.29, 0.717) is 5.82 Å². The Morgan fingerprint density at radius 2 is 1.88 bits per heavy atom. The summed E-state index contributed by atoms with van der Waals surface area (Å²) in [6, 6.07) is 8.18. The van der Waals surface area contributed by atoms with Gasteiger partial charge in [0.15, 0.2) is 5.82 Å². The number of aromatic nitrogens is 2. The zero-order valence-electron chi connectivity index (χ0n) is 8.22. The van der Waals surface area contributed by atoms with Gasteiger partial charge in [-0.25, -0.2) is 14.4 Å². The zero-order chi connectivity index (χ0) is 11.0. The van der Waals surface area contributed by atoms with Crippen molar-refractivity contribution in [1.82, 2.24) is 9.97 Å². The van der Waals surface area contributed by atoms with E-state index in [1.54, 1.807) is 29.7 Å². The Morgan fingerprint density at radius 3 is 2.69 bits per heavy atom. The Bertz CT molecular complexity index is 631. The molecule has 0 fully saturated rings. The van der Waals surface area contributed by atoms with E-state index in [2.05, 4.69) is 9.97 Å². The molecule has 1 aromatic carbocycles. The number of nitrogens with zero attached hydrogens (tertiary/aromatic N) is 2. The molecule has 0 spiro atoms. The first-order chi connectivity index (χ1) is 7.83. The van der Waals surface area contributed by atoms with E-state index in [1.807, 2.05) is 11.4 Å². The zero-order valence-corrected chi connectivity index (χ0v) is 9.04. The third kappa shape index (κ3) is 1.57. The van der Waals surface area contributed by atoms with Crippen molar-refractivity contribution in [2.45, 2.75) is 0 Å². The van der Waals surface area contributed by atoms with Gasteiger partial charge in [0, 0.05) is 17.1 Å². The first-order valence-electron chi connectivity index (χ1n) is 4.79. The quantitative estimate of drug-likeness (QED) is 0.639. The predicted molar refractivity (Wildman–Crippen MR) is 62.8 cm³/mol. The molecule has 4 heteroatoms. The van der Waals surface area contributed by atoms with Crippen LogP contribution in [0.15, 0.2) is 41.9 Å². The molecular weight excluding hydrogens is 223 g/mol. The van der Waals surface area contributed by atoms with E-state index in [0.717, 1.165) is 15.8 Å². The summed E-state index contributed by atoms with van der Waals surface area (Å²) in [6.45, 7) is 0. The maximum atomic E-state index is 12.8. The maximum absolute atomic E-state index is 12.8. The van der Waals surface area contributed by atoms with E-state index < -0.39 is 0 Å². The molecule has 2 heterocycles. The molecule has 0 unspecified atom stereocenters. The van der Waals surface area contributed by atoms with Crippen LogP contribution in [0.2, 0.25) is 0 Å². The van der Waals surface area contributed by atoms with Crippen LogP contribution in [0.25, 0.3) is 21.6 Å². The van der Waals surface area contributed by atoms with Crippen molar-refractivity contribution in [3.8, 4) is 11.4 Å². The lowest BCUT2D eigenvalue weighted by molar-refractivity contribution is 0.628. The third-order valence-electron chi connectivity index (χ3n) is 2.31. The van der Waals surface area contributed by atoms with E-state index in [1.165, 1.54) is 12.1 Å². The van der Waals surface area contributed by atoms with Gasteiger partial charge in [0.1, 0.15) is 10.6 Å². The number of thiophene rings is 1. The van der Waals surface area contributed by atoms with Crippen LogP contribution < -0.4 is 0 Å². The number of halogens is 1. The van der Waals surface area contributed by atoms with Gasteiger partial charge in [-0.15, -0.1) is 11.3 Å². The van der Waals surface area contributed by atoms with Gasteiger partial charge >= 0.3 is 0 Å². The van der Waals surface area contributed by atoms with Gasteiger partial charge in [-0.2, -0.15) is 0 Å². The molecule has 2 nitrogen and oxygen atoms in total. The SMILES string of the molecule is Fc1ccc(-c2ncc3ccsc3n2)cc1. The summed E-state index contributed by atoms with van der Waals surface area (Å²) in [5.41, 5.74) is 0.830. The molecule has 0 bridgehead atoms. The van der Waals surface area contributed by atoms with Crippen molar-refractivity contribution in [3.63, 3.8) is 0 Å². The second kappa shape index (κ2) is 3.64. The summed E-state index contributed by atoms with van der Waals surface area (Å²) in [7, 11) is 0. The molecule has 16 heavy (non-hydrogen) atoms. The maximum Gasteiger partial charge on any atom is 0.160 e. The molecule has 78 valence electrons. The van der Waals surface area contributed by atoms with Crippen LogP contribution in [0.5, 0.6) is 0 Å². The molecule has 2 aromatic heterocycles. The molecule has 0 radical (unpaired) electrons. The fraction of sp³-hybridized carbons (Fsp3) is 0. The highest BCUT2D eigenvalue weighted by atomic mass is 32.1. The highest BCUT2D eigenvalue weighted by Crippen LogP contribution is 2.21. The summed E-state index contributed by atoms with van der Waals surface area (Å²) in [4.78, 5) is 9.63. The van der Waals surface area contributed by atoms with Gasteiger partial charge < -0.3 is 0 Å². The highest BCUT2D eigenvalue weighted by molar-refractivity contribution is 7.16. The lowest BCUT2D eigenvalue weighted by atomic mass is 10.2. The molecule has 0 aliphatic rings. The monoisotopic (exact) mass is 230 g/mol. The average molecular weight is 230 g/mol. The molecule has 0 atom stereocenters. The summed E-state index contributed by atoms with van der Waals surface area (Å²) >= 11 is 1.57. The fourth-order valence-electron chi connectivity index (χ4n) is 1.49. The summed E-state index contributed by atoms with van der Waals surface area (Å²) in [5.74, 6) is 0.385. The van der Waals surface area contributed by atoms with E-state index in [4.69, 9.17) is 0 Å². The van der Waals surface area contributed by atoms with Crippen molar-refractivity contribution in [2.75, 3.05) is 0 Å². The summed E-state index contributed by atoms with van der Waals surface area (Å²) < 4.78 is 12.8. The van der Waals surface area contributed by atoms with Crippen LogP contribution in [-0.2, 0) is 0 Å². The van der Waals surface area contributed by atoms with Crippen LogP contribution in [0.1, 0.15) is 0 Å². The molecule has 0 saturated carbocycles. The molecule has 3 aromatic rings. The largest absolute Gasteiger partial charge is 0.236 e. The van der Waals surface area contributed by atoms with E-state index >= 15 is 0 Å². The summed E-state index contributed by atoms with van der Waals surface area (Å²) in [5, 5.41) is 3.02. The minimum atomic E-state index is -0.249. The lowest BCUT2D eigenvalue weighted by Gasteiger charge is -1.99. The highest BCUT2D eigenvalue weighted by Gasteiger charge is 2.03. The Morgan fingerprint density at radius 1 is 1.06 bits per heavy atom. The van der Waals surface area contributed by atoms with Crippen LogP contribution in [-0.4, -0.2) is 9.97 Å². The van der Waals surface area contributed by atoms with E-state index in [9.17, 15) is 4.39 Å². The Hall–Kier alpha value is -1.81. The van der Waals surface area contributed by atoms with Crippen LogP contribution >= 0.6 is 11.3 Å². The van der Waals surface area contributed by atoms with Gasteiger partial charge in [-0.05, 0) is 35.7 Å². The first kappa shape index (κ1) is 9.42. The van der Waals surface area contributed by atoms with Crippen molar-refractivity contribution < 1.29 is 4.39 Å². The Balaban J connectivity index is 2.14. The smallest absolute Gasteiger partial charge is 0.160 e. The minimum absolute atomic E-state index is 0.249. The van der Waals surface area contributed by atoms with Crippen molar-refractivity contribution >= 4 is 21.6 Å². The van der Waals surface area contributed by atoms with Gasteiger partial charge in [0.2, 0.25) is 0 Å². The first-order valence-corrected chi connectivity index (χ1v) is 5.67.